The maximum atomic E-state index is 2.26. The highest BCUT2D eigenvalue weighted by Gasteiger charge is 2.09. The van der Waals surface area contributed by atoms with Gasteiger partial charge < -0.3 is 0 Å². The van der Waals surface area contributed by atoms with Crippen LogP contribution in [-0.2, 0) is 0 Å². The number of hydrogen-bond donors (Lipinski definition) is 0. The third kappa shape index (κ3) is 1.70. The predicted molar refractivity (Wildman–Crippen MR) is 71.7 cm³/mol. The summed E-state index contributed by atoms with van der Waals surface area (Å²) in [7, 11) is 0. The summed E-state index contributed by atoms with van der Waals surface area (Å²) in [5.74, 6) is 0. The fourth-order valence-electron chi connectivity index (χ4n) is 1.81. The molecule has 0 amide bonds. The molecule has 0 bridgehead atoms. The van der Waals surface area contributed by atoms with Crippen molar-refractivity contribution in [3.63, 3.8) is 0 Å². The maximum absolute atomic E-state index is 2.26. The van der Waals surface area contributed by atoms with Gasteiger partial charge in [0.05, 0.1) is 0 Å². The second-order valence-electron chi connectivity index (χ2n) is 3.74. The van der Waals surface area contributed by atoms with Gasteiger partial charge in [0, 0.05) is 17.0 Å². The Morgan fingerprint density at radius 2 is 1.38 bits per heavy atom. The molecule has 0 radical (unpaired) electrons. The van der Waals surface area contributed by atoms with Crippen LogP contribution < -0.4 is 0 Å². The van der Waals surface area contributed by atoms with Crippen molar-refractivity contribution in [3.8, 4) is 10.4 Å². The van der Waals surface area contributed by atoms with Crippen LogP contribution in [0.25, 0.3) is 21.2 Å². The molecule has 1 aromatic heterocycles. The van der Waals surface area contributed by atoms with E-state index in [1.165, 1.54) is 21.2 Å². The summed E-state index contributed by atoms with van der Waals surface area (Å²) in [4.78, 5) is 1.32. The highest BCUT2D eigenvalue weighted by molar-refractivity contribution is 7.13. The average molecular weight is 223 g/mol. The fourth-order valence-corrected chi connectivity index (χ4v) is 2.74. The van der Waals surface area contributed by atoms with Crippen LogP contribution in [0.2, 0.25) is 0 Å². The van der Waals surface area contributed by atoms with Crippen molar-refractivity contribution < 1.29 is 0 Å². The molecule has 1 heterocycles. The van der Waals surface area contributed by atoms with E-state index in [1.807, 2.05) is 0 Å². The summed E-state index contributed by atoms with van der Waals surface area (Å²) in [6.45, 7) is 0. The molecule has 76 valence electrons. The molecule has 0 nitrogen and oxygen atoms in total. The predicted octanol–water partition coefficient (Wildman–Crippen LogP) is 4.85. The summed E-state index contributed by atoms with van der Waals surface area (Å²) in [6, 6.07) is 21.3. The SMILES string of the molecule is c1ccc(-c2cc3ccccc3c[s+]2)cc1. The first-order chi connectivity index (χ1) is 7.93. The molecule has 0 saturated heterocycles. The third-order valence-electron chi connectivity index (χ3n) is 2.65. The van der Waals surface area contributed by atoms with Gasteiger partial charge in [-0.1, -0.05) is 36.4 Å². The van der Waals surface area contributed by atoms with Crippen LogP contribution in [0.5, 0.6) is 0 Å². The first kappa shape index (κ1) is 9.49. The van der Waals surface area contributed by atoms with Crippen molar-refractivity contribution in [2.75, 3.05) is 0 Å². The van der Waals surface area contributed by atoms with Gasteiger partial charge in [-0.3, -0.25) is 0 Å². The molecule has 0 saturated carbocycles. The Kier molecular flexibility index (Phi) is 2.39. The average Bonchev–Trinajstić information content (AvgIpc) is 2.39. The Balaban J connectivity index is 2.19. The summed E-state index contributed by atoms with van der Waals surface area (Å²) >= 11 is 1.80. The zero-order chi connectivity index (χ0) is 10.8. The lowest BCUT2D eigenvalue weighted by Gasteiger charge is -1.94. The first-order valence-corrected chi connectivity index (χ1v) is 6.17. The number of fused-ring (bicyclic) bond motifs is 1. The van der Waals surface area contributed by atoms with E-state index in [-0.39, 0.29) is 0 Å². The molecule has 3 rings (SSSR count). The van der Waals surface area contributed by atoms with Gasteiger partial charge in [0.25, 0.3) is 0 Å². The molecule has 0 atom stereocenters. The van der Waals surface area contributed by atoms with E-state index in [1.54, 1.807) is 11.3 Å². The molecule has 16 heavy (non-hydrogen) atoms. The highest BCUT2D eigenvalue weighted by Crippen LogP contribution is 2.28. The zero-order valence-electron chi connectivity index (χ0n) is 8.76. The molecule has 2 aromatic carbocycles. The van der Waals surface area contributed by atoms with Gasteiger partial charge >= 0.3 is 0 Å². The van der Waals surface area contributed by atoms with Crippen LogP contribution in [-0.4, -0.2) is 0 Å². The Bertz CT molecular complexity index is 614. The van der Waals surface area contributed by atoms with Crippen LogP contribution in [0.4, 0.5) is 0 Å². The van der Waals surface area contributed by atoms with Crippen LogP contribution >= 0.6 is 11.3 Å². The summed E-state index contributed by atoms with van der Waals surface area (Å²) in [5.41, 5.74) is 1.29. The lowest BCUT2D eigenvalue weighted by molar-refractivity contribution is 1.70. The molecule has 0 aliphatic heterocycles. The lowest BCUT2D eigenvalue weighted by atomic mass is 10.1. The molecule has 0 N–H and O–H groups in total. The maximum Gasteiger partial charge on any atom is 0.238 e. The van der Waals surface area contributed by atoms with Crippen molar-refractivity contribution in [1.29, 1.82) is 0 Å². The fraction of sp³-hybridized carbons (Fsp3) is 0. The van der Waals surface area contributed by atoms with E-state index in [0.29, 0.717) is 0 Å². The topological polar surface area (TPSA) is 0 Å². The van der Waals surface area contributed by atoms with Crippen molar-refractivity contribution >= 4 is 22.1 Å². The first-order valence-electron chi connectivity index (χ1n) is 5.29. The second kappa shape index (κ2) is 4.03. The number of hydrogen-bond acceptors (Lipinski definition) is 0. The van der Waals surface area contributed by atoms with Crippen molar-refractivity contribution in [1.82, 2.24) is 0 Å². The van der Waals surface area contributed by atoms with Crippen molar-refractivity contribution in [2.45, 2.75) is 0 Å². The highest BCUT2D eigenvalue weighted by atomic mass is 32.1. The molecule has 0 unspecified atom stereocenters. The summed E-state index contributed by atoms with van der Waals surface area (Å²) < 4.78 is 0. The van der Waals surface area contributed by atoms with E-state index in [2.05, 4.69) is 66.0 Å². The Hall–Kier alpha value is -1.73. The molecular weight excluding hydrogens is 212 g/mol. The molecular formula is C15H11S+. The van der Waals surface area contributed by atoms with Gasteiger partial charge in [-0.25, -0.2) is 0 Å². The monoisotopic (exact) mass is 223 g/mol. The van der Waals surface area contributed by atoms with Gasteiger partial charge in [0.2, 0.25) is 21.6 Å². The molecule has 0 aliphatic rings. The number of rotatable bonds is 1. The Labute approximate surface area is 98.8 Å². The minimum atomic E-state index is 1.29. The third-order valence-corrected chi connectivity index (χ3v) is 3.63. The molecule has 0 spiro atoms. The van der Waals surface area contributed by atoms with Gasteiger partial charge in [-0.2, -0.15) is 0 Å². The van der Waals surface area contributed by atoms with E-state index in [4.69, 9.17) is 0 Å². The molecule has 1 heteroatoms. The minimum Gasteiger partial charge on any atom is -0.0622 e. The minimum absolute atomic E-state index is 1.29. The van der Waals surface area contributed by atoms with Crippen LogP contribution in [0.15, 0.2) is 66.0 Å². The molecule has 3 aromatic rings. The summed E-state index contributed by atoms with van der Waals surface area (Å²) in [6.07, 6.45) is 0. The van der Waals surface area contributed by atoms with E-state index in [0.717, 1.165) is 0 Å². The summed E-state index contributed by atoms with van der Waals surface area (Å²) in [5, 5.41) is 4.84. The van der Waals surface area contributed by atoms with Gasteiger partial charge in [0.15, 0.2) is 0 Å². The van der Waals surface area contributed by atoms with Crippen molar-refractivity contribution in [3.05, 3.63) is 66.0 Å². The van der Waals surface area contributed by atoms with Gasteiger partial charge in [0.1, 0.15) is 0 Å². The second-order valence-corrected chi connectivity index (χ2v) is 4.65. The molecule has 0 fully saturated rings. The van der Waals surface area contributed by atoms with Crippen LogP contribution in [0, 0.1) is 0 Å². The van der Waals surface area contributed by atoms with E-state index < -0.39 is 0 Å². The van der Waals surface area contributed by atoms with Crippen LogP contribution in [0.1, 0.15) is 0 Å². The smallest absolute Gasteiger partial charge is 0.0622 e. The van der Waals surface area contributed by atoms with Crippen molar-refractivity contribution in [2.24, 2.45) is 0 Å². The largest absolute Gasteiger partial charge is 0.238 e. The Morgan fingerprint density at radius 3 is 2.19 bits per heavy atom. The lowest BCUT2D eigenvalue weighted by Crippen LogP contribution is -1.75. The molecule has 0 aliphatic carbocycles. The van der Waals surface area contributed by atoms with E-state index in [9.17, 15) is 0 Å². The van der Waals surface area contributed by atoms with Gasteiger partial charge in [-0.15, -0.1) is 0 Å². The van der Waals surface area contributed by atoms with Crippen LogP contribution in [0.3, 0.4) is 0 Å². The Morgan fingerprint density at radius 1 is 0.688 bits per heavy atom. The normalized spacial score (nSPS) is 10.5. The van der Waals surface area contributed by atoms with E-state index >= 15 is 0 Å². The standard InChI is InChI=1S/C15H11S/c1-2-6-12(7-3-1)15-10-13-8-4-5-9-14(13)11-16-15/h1-11H/q+1. The van der Waals surface area contributed by atoms with Gasteiger partial charge in [-0.05, 0) is 23.6 Å². The quantitative estimate of drug-likeness (QED) is 0.517. The zero-order valence-corrected chi connectivity index (χ0v) is 9.58. The number of benzene rings is 2.